The molecule has 0 aliphatic rings. The van der Waals surface area contributed by atoms with E-state index in [0.29, 0.717) is 22.6 Å². The quantitative estimate of drug-likeness (QED) is 0.673. The summed E-state index contributed by atoms with van der Waals surface area (Å²) in [5, 5.41) is 0. The minimum absolute atomic E-state index is 0.297. The predicted molar refractivity (Wildman–Crippen MR) is 70.5 cm³/mol. The van der Waals surface area contributed by atoms with E-state index in [1.165, 1.54) is 6.07 Å². The number of benzene rings is 1. The van der Waals surface area contributed by atoms with Gasteiger partial charge in [-0.15, -0.1) is 0 Å². The maximum atomic E-state index is 13.0. The number of anilines is 1. The average molecular weight is 312 g/mol. The van der Waals surface area contributed by atoms with E-state index in [0.717, 1.165) is 5.56 Å². The van der Waals surface area contributed by atoms with Crippen LogP contribution in [0, 0.1) is 5.82 Å². The van der Waals surface area contributed by atoms with E-state index in [1.54, 1.807) is 24.4 Å². The summed E-state index contributed by atoms with van der Waals surface area (Å²) in [5.74, 6) is 6.13. The molecule has 0 atom stereocenters. The number of halogens is 2. The van der Waals surface area contributed by atoms with Crippen LogP contribution >= 0.6 is 15.9 Å². The number of ether oxygens (including phenoxy) is 1. The van der Waals surface area contributed by atoms with E-state index in [2.05, 4.69) is 26.3 Å². The van der Waals surface area contributed by atoms with Gasteiger partial charge < -0.3 is 10.2 Å². The van der Waals surface area contributed by atoms with E-state index in [4.69, 9.17) is 10.6 Å². The fraction of sp³-hybridized carbons (Fsp3) is 0.0833. The van der Waals surface area contributed by atoms with Gasteiger partial charge in [-0.25, -0.2) is 15.2 Å². The van der Waals surface area contributed by atoms with Gasteiger partial charge >= 0.3 is 0 Å². The molecule has 1 aromatic heterocycles. The van der Waals surface area contributed by atoms with Gasteiger partial charge in [0.2, 0.25) is 0 Å². The Balaban J connectivity index is 2.09. The van der Waals surface area contributed by atoms with E-state index in [9.17, 15) is 4.39 Å². The second-order valence-electron chi connectivity index (χ2n) is 3.52. The first-order valence-electron chi connectivity index (χ1n) is 5.19. The Morgan fingerprint density at radius 3 is 2.94 bits per heavy atom. The summed E-state index contributed by atoms with van der Waals surface area (Å²) in [4.78, 5) is 4.06. The third kappa shape index (κ3) is 2.96. The third-order valence-corrected chi connectivity index (χ3v) is 2.92. The number of pyridine rings is 1. The number of hydrogen-bond acceptors (Lipinski definition) is 4. The zero-order valence-corrected chi connectivity index (χ0v) is 10.9. The number of nitrogens with two attached hydrogens (primary N) is 1. The summed E-state index contributed by atoms with van der Waals surface area (Å²) in [6.07, 6.45) is 1.63. The molecule has 0 aliphatic carbocycles. The maximum Gasteiger partial charge on any atom is 0.146 e. The molecule has 0 bridgehead atoms. The number of rotatable bonds is 4. The number of nitrogen functional groups attached to an aromatic ring is 1. The SMILES string of the molecule is NNc1ncccc1COc1ccc(F)c(Br)c1. The van der Waals surface area contributed by atoms with Crippen LogP contribution in [0.3, 0.4) is 0 Å². The molecule has 0 aliphatic heterocycles. The summed E-state index contributed by atoms with van der Waals surface area (Å²) in [6.45, 7) is 0.297. The standard InChI is InChI=1S/C12H11BrFN3O/c13-10-6-9(3-4-11(10)14)18-7-8-2-1-5-16-12(8)17-15/h1-6H,7,15H2,(H,16,17). The zero-order valence-electron chi connectivity index (χ0n) is 9.36. The van der Waals surface area contributed by atoms with E-state index in [-0.39, 0.29) is 5.82 Å². The van der Waals surface area contributed by atoms with Crippen LogP contribution in [-0.4, -0.2) is 4.98 Å². The molecule has 3 N–H and O–H groups in total. The van der Waals surface area contributed by atoms with E-state index < -0.39 is 0 Å². The summed E-state index contributed by atoms with van der Waals surface area (Å²) < 4.78 is 18.9. The van der Waals surface area contributed by atoms with Crippen LogP contribution in [0.2, 0.25) is 0 Å². The molecule has 0 radical (unpaired) electrons. The second kappa shape index (κ2) is 5.79. The lowest BCUT2D eigenvalue weighted by Crippen LogP contribution is -2.12. The molecule has 1 heterocycles. The Morgan fingerprint density at radius 1 is 1.39 bits per heavy atom. The van der Waals surface area contributed by atoms with Crippen molar-refractivity contribution in [1.29, 1.82) is 0 Å². The smallest absolute Gasteiger partial charge is 0.146 e. The van der Waals surface area contributed by atoms with Crippen LogP contribution in [0.5, 0.6) is 5.75 Å². The summed E-state index contributed by atoms with van der Waals surface area (Å²) in [5.41, 5.74) is 3.31. The lowest BCUT2D eigenvalue weighted by Gasteiger charge is -2.09. The van der Waals surface area contributed by atoms with Gasteiger partial charge in [0.15, 0.2) is 0 Å². The molecular weight excluding hydrogens is 301 g/mol. The van der Waals surface area contributed by atoms with Crippen LogP contribution < -0.4 is 16.0 Å². The molecule has 1 aromatic carbocycles. The molecular formula is C12H11BrFN3O. The van der Waals surface area contributed by atoms with Gasteiger partial charge in [-0.05, 0) is 40.2 Å². The second-order valence-corrected chi connectivity index (χ2v) is 4.37. The molecule has 4 nitrogen and oxygen atoms in total. The molecule has 0 unspecified atom stereocenters. The van der Waals surface area contributed by atoms with Gasteiger partial charge in [-0.2, -0.15) is 0 Å². The number of hydrazine groups is 1. The molecule has 0 saturated heterocycles. The Bertz CT molecular complexity index is 551. The van der Waals surface area contributed by atoms with Gasteiger partial charge in [-0.3, -0.25) is 0 Å². The highest BCUT2D eigenvalue weighted by Crippen LogP contribution is 2.23. The third-order valence-electron chi connectivity index (χ3n) is 2.31. The fourth-order valence-electron chi connectivity index (χ4n) is 1.41. The zero-order chi connectivity index (χ0) is 13.0. The first-order valence-corrected chi connectivity index (χ1v) is 5.98. The average Bonchev–Trinajstić information content (AvgIpc) is 2.40. The van der Waals surface area contributed by atoms with E-state index >= 15 is 0 Å². The van der Waals surface area contributed by atoms with Gasteiger partial charge in [0.25, 0.3) is 0 Å². The van der Waals surface area contributed by atoms with Crippen molar-refractivity contribution in [2.24, 2.45) is 5.84 Å². The van der Waals surface area contributed by atoms with Crippen LogP contribution in [0.1, 0.15) is 5.56 Å². The van der Waals surface area contributed by atoms with Crippen molar-refractivity contribution in [2.75, 3.05) is 5.43 Å². The number of hydrogen-bond donors (Lipinski definition) is 2. The maximum absolute atomic E-state index is 13.0. The summed E-state index contributed by atoms with van der Waals surface area (Å²) in [6, 6.07) is 8.11. The highest BCUT2D eigenvalue weighted by atomic mass is 79.9. The van der Waals surface area contributed by atoms with Gasteiger partial charge in [0.1, 0.15) is 24.0 Å². The van der Waals surface area contributed by atoms with Crippen LogP contribution in [0.15, 0.2) is 41.0 Å². The van der Waals surface area contributed by atoms with Crippen molar-refractivity contribution in [1.82, 2.24) is 4.98 Å². The van der Waals surface area contributed by atoms with Gasteiger partial charge in [0.05, 0.1) is 4.47 Å². The number of aromatic nitrogens is 1. The van der Waals surface area contributed by atoms with E-state index in [1.807, 2.05) is 6.07 Å². The Morgan fingerprint density at radius 2 is 2.22 bits per heavy atom. The Kier molecular flexibility index (Phi) is 4.11. The lowest BCUT2D eigenvalue weighted by atomic mass is 10.2. The molecule has 2 rings (SSSR count). The molecule has 0 spiro atoms. The van der Waals surface area contributed by atoms with Crippen molar-refractivity contribution < 1.29 is 9.13 Å². The first-order chi connectivity index (χ1) is 8.70. The largest absolute Gasteiger partial charge is 0.489 e. The van der Waals surface area contributed by atoms with Crippen molar-refractivity contribution in [2.45, 2.75) is 6.61 Å². The van der Waals surface area contributed by atoms with Crippen molar-refractivity contribution in [3.63, 3.8) is 0 Å². The Labute approximate surface area is 112 Å². The molecule has 0 saturated carbocycles. The van der Waals surface area contributed by atoms with Crippen molar-refractivity contribution in [3.8, 4) is 5.75 Å². The highest BCUT2D eigenvalue weighted by Gasteiger charge is 2.04. The summed E-state index contributed by atoms with van der Waals surface area (Å²) in [7, 11) is 0. The lowest BCUT2D eigenvalue weighted by molar-refractivity contribution is 0.305. The minimum Gasteiger partial charge on any atom is -0.489 e. The van der Waals surface area contributed by atoms with Crippen molar-refractivity contribution >= 4 is 21.7 Å². The monoisotopic (exact) mass is 311 g/mol. The Hall–Kier alpha value is -1.66. The van der Waals surface area contributed by atoms with Crippen molar-refractivity contribution in [3.05, 3.63) is 52.4 Å². The highest BCUT2D eigenvalue weighted by molar-refractivity contribution is 9.10. The fourth-order valence-corrected chi connectivity index (χ4v) is 1.77. The minimum atomic E-state index is -0.326. The number of nitrogens with zero attached hydrogens (tertiary/aromatic N) is 1. The van der Waals surface area contributed by atoms with Gasteiger partial charge in [-0.1, -0.05) is 6.07 Å². The molecule has 0 fully saturated rings. The van der Waals surface area contributed by atoms with Crippen LogP contribution in [0.4, 0.5) is 10.2 Å². The van der Waals surface area contributed by atoms with Gasteiger partial charge in [0, 0.05) is 11.8 Å². The van der Waals surface area contributed by atoms with Crippen LogP contribution in [-0.2, 0) is 6.61 Å². The molecule has 94 valence electrons. The normalized spacial score (nSPS) is 10.2. The molecule has 0 amide bonds. The number of nitrogens with one attached hydrogen (secondary N) is 1. The predicted octanol–water partition coefficient (Wildman–Crippen LogP) is 2.85. The molecule has 18 heavy (non-hydrogen) atoms. The summed E-state index contributed by atoms with van der Waals surface area (Å²) >= 11 is 3.10. The molecule has 2 aromatic rings. The molecule has 6 heteroatoms. The topological polar surface area (TPSA) is 60.2 Å². The first kappa shape index (κ1) is 12.8. The van der Waals surface area contributed by atoms with Crippen LogP contribution in [0.25, 0.3) is 0 Å².